The normalized spacial score (nSPS) is 11.7. The van der Waals surface area contributed by atoms with Gasteiger partial charge >= 0.3 is 6.18 Å². The first-order chi connectivity index (χ1) is 11.2. The number of carbonyl (C=O) groups excluding carboxylic acids is 1. The maximum absolute atomic E-state index is 12.7. The van der Waals surface area contributed by atoms with Gasteiger partial charge in [-0.2, -0.15) is 13.2 Å². The Bertz CT molecular complexity index is 935. The molecular weight excluding hydrogens is 341 g/mol. The average molecular weight is 352 g/mol. The van der Waals surface area contributed by atoms with E-state index >= 15 is 0 Å². The molecule has 0 aliphatic rings. The maximum Gasteiger partial charge on any atom is 0.416 e. The fourth-order valence-corrected chi connectivity index (χ4v) is 3.05. The molecule has 1 amide bonds. The van der Waals surface area contributed by atoms with E-state index in [4.69, 9.17) is 0 Å². The van der Waals surface area contributed by atoms with Gasteiger partial charge in [0.2, 0.25) is 0 Å². The SMILES string of the molecule is Cc1ccc(O)c(C(=O)Nc2nc3ccc(C(F)(F)F)cc3s2)c1. The number of nitrogens with one attached hydrogen (secondary N) is 1. The first kappa shape index (κ1) is 16.3. The number of aromatic hydroxyl groups is 1. The number of hydrogen-bond acceptors (Lipinski definition) is 4. The van der Waals surface area contributed by atoms with E-state index < -0.39 is 17.6 Å². The Balaban J connectivity index is 1.90. The smallest absolute Gasteiger partial charge is 0.416 e. The predicted molar refractivity (Wildman–Crippen MR) is 85.4 cm³/mol. The van der Waals surface area contributed by atoms with Crippen LogP contribution in [0.15, 0.2) is 36.4 Å². The van der Waals surface area contributed by atoms with Crippen molar-refractivity contribution in [3.05, 3.63) is 53.1 Å². The van der Waals surface area contributed by atoms with Crippen LogP contribution in [0.1, 0.15) is 21.5 Å². The molecule has 0 aliphatic carbocycles. The lowest BCUT2D eigenvalue weighted by Crippen LogP contribution is -2.12. The van der Waals surface area contributed by atoms with E-state index in [1.54, 1.807) is 13.0 Å². The number of benzene rings is 2. The number of nitrogens with zero attached hydrogens (tertiary/aromatic N) is 1. The molecule has 8 heteroatoms. The van der Waals surface area contributed by atoms with Crippen molar-refractivity contribution < 1.29 is 23.1 Å². The molecular formula is C16H11F3N2O2S. The quantitative estimate of drug-likeness (QED) is 0.709. The van der Waals surface area contributed by atoms with E-state index in [0.29, 0.717) is 10.2 Å². The van der Waals surface area contributed by atoms with Gasteiger partial charge < -0.3 is 5.11 Å². The standard InChI is InChI=1S/C16H11F3N2O2S/c1-8-2-5-12(22)10(6-8)14(23)21-15-20-11-4-3-9(16(17,18)19)7-13(11)24-15/h2-7,22H,1H3,(H,20,21,23). The van der Waals surface area contributed by atoms with Gasteiger partial charge in [-0.1, -0.05) is 23.0 Å². The van der Waals surface area contributed by atoms with E-state index in [9.17, 15) is 23.1 Å². The number of phenols is 1. The van der Waals surface area contributed by atoms with Crippen molar-refractivity contribution in [1.29, 1.82) is 0 Å². The molecule has 2 aromatic carbocycles. The highest BCUT2D eigenvalue weighted by Crippen LogP contribution is 2.34. The molecule has 1 heterocycles. The summed E-state index contributed by atoms with van der Waals surface area (Å²) in [6.45, 7) is 1.77. The van der Waals surface area contributed by atoms with Gasteiger partial charge in [-0.3, -0.25) is 10.1 Å². The Kier molecular flexibility index (Phi) is 3.92. The van der Waals surface area contributed by atoms with Crippen molar-refractivity contribution in [3.63, 3.8) is 0 Å². The molecule has 3 rings (SSSR count). The van der Waals surface area contributed by atoms with Crippen LogP contribution in [0.4, 0.5) is 18.3 Å². The third-order valence-corrected chi connectivity index (χ3v) is 4.27. The van der Waals surface area contributed by atoms with Crippen LogP contribution >= 0.6 is 11.3 Å². The van der Waals surface area contributed by atoms with Crippen molar-refractivity contribution in [3.8, 4) is 5.75 Å². The first-order valence-corrected chi connectivity index (χ1v) is 7.64. The van der Waals surface area contributed by atoms with Crippen LogP contribution in [0, 0.1) is 6.92 Å². The van der Waals surface area contributed by atoms with Gasteiger partial charge in [-0.25, -0.2) is 4.98 Å². The maximum atomic E-state index is 12.7. The molecule has 0 bridgehead atoms. The summed E-state index contributed by atoms with van der Waals surface area (Å²) in [7, 11) is 0. The highest BCUT2D eigenvalue weighted by Gasteiger charge is 2.30. The lowest BCUT2D eigenvalue weighted by Gasteiger charge is -2.05. The monoisotopic (exact) mass is 352 g/mol. The van der Waals surface area contributed by atoms with Crippen molar-refractivity contribution >= 4 is 32.6 Å². The summed E-state index contributed by atoms with van der Waals surface area (Å²) in [6.07, 6.45) is -4.44. The third kappa shape index (κ3) is 3.18. The van der Waals surface area contributed by atoms with Crippen molar-refractivity contribution in [2.75, 3.05) is 5.32 Å². The van der Waals surface area contributed by atoms with E-state index in [-0.39, 0.29) is 16.4 Å². The number of amides is 1. The fourth-order valence-electron chi connectivity index (χ4n) is 2.15. The van der Waals surface area contributed by atoms with Crippen LogP contribution in [0.5, 0.6) is 5.75 Å². The van der Waals surface area contributed by atoms with Crippen LogP contribution < -0.4 is 5.32 Å². The predicted octanol–water partition coefficient (Wildman–Crippen LogP) is 4.58. The van der Waals surface area contributed by atoms with Gasteiger partial charge in [-0.05, 0) is 37.3 Å². The molecule has 4 nitrogen and oxygen atoms in total. The third-order valence-electron chi connectivity index (χ3n) is 3.33. The number of aromatic nitrogens is 1. The molecule has 3 aromatic rings. The van der Waals surface area contributed by atoms with Crippen LogP contribution in [-0.4, -0.2) is 16.0 Å². The number of phenolic OH excluding ortho intramolecular Hbond substituents is 1. The summed E-state index contributed by atoms with van der Waals surface area (Å²) in [4.78, 5) is 16.3. The minimum Gasteiger partial charge on any atom is -0.507 e. The number of thiazole rings is 1. The summed E-state index contributed by atoms with van der Waals surface area (Å²) in [5.74, 6) is -0.759. The largest absolute Gasteiger partial charge is 0.507 e. The van der Waals surface area contributed by atoms with Crippen LogP contribution in [-0.2, 0) is 6.18 Å². The molecule has 124 valence electrons. The van der Waals surface area contributed by atoms with Gasteiger partial charge in [0.1, 0.15) is 5.75 Å². The second-order valence-electron chi connectivity index (χ2n) is 5.17. The van der Waals surface area contributed by atoms with Crippen LogP contribution in [0.3, 0.4) is 0 Å². The number of alkyl halides is 3. The van der Waals surface area contributed by atoms with E-state index in [1.165, 1.54) is 18.2 Å². The highest BCUT2D eigenvalue weighted by molar-refractivity contribution is 7.22. The molecule has 24 heavy (non-hydrogen) atoms. The van der Waals surface area contributed by atoms with Gasteiger partial charge in [0.15, 0.2) is 5.13 Å². The Hall–Kier alpha value is -2.61. The average Bonchev–Trinajstić information content (AvgIpc) is 2.89. The number of rotatable bonds is 2. The number of aryl methyl sites for hydroxylation is 1. The van der Waals surface area contributed by atoms with E-state index in [1.807, 2.05) is 0 Å². The molecule has 0 aliphatic heterocycles. The Morgan fingerprint density at radius 2 is 1.96 bits per heavy atom. The first-order valence-electron chi connectivity index (χ1n) is 6.83. The zero-order chi connectivity index (χ0) is 17.5. The lowest BCUT2D eigenvalue weighted by atomic mass is 10.1. The van der Waals surface area contributed by atoms with Gasteiger partial charge in [0.25, 0.3) is 5.91 Å². The van der Waals surface area contributed by atoms with Gasteiger partial charge in [0.05, 0.1) is 21.3 Å². The molecule has 0 saturated carbocycles. The van der Waals surface area contributed by atoms with Gasteiger partial charge in [0, 0.05) is 0 Å². The summed E-state index contributed by atoms with van der Waals surface area (Å²) in [5, 5.41) is 12.4. The minimum atomic E-state index is -4.44. The number of anilines is 1. The van der Waals surface area contributed by atoms with Gasteiger partial charge in [-0.15, -0.1) is 0 Å². The molecule has 0 spiro atoms. The van der Waals surface area contributed by atoms with Crippen LogP contribution in [0.2, 0.25) is 0 Å². The number of hydrogen-bond donors (Lipinski definition) is 2. The fraction of sp³-hybridized carbons (Fsp3) is 0.125. The molecule has 0 fully saturated rings. The van der Waals surface area contributed by atoms with Crippen molar-refractivity contribution in [2.24, 2.45) is 0 Å². The van der Waals surface area contributed by atoms with E-state index in [0.717, 1.165) is 29.0 Å². The van der Waals surface area contributed by atoms with Crippen molar-refractivity contribution in [2.45, 2.75) is 13.1 Å². The summed E-state index contributed by atoms with van der Waals surface area (Å²) in [5.41, 5.74) is 0.451. The highest BCUT2D eigenvalue weighted by atomic mass is 32.1. The topological polar surface area (TPSA) is 62.2 Å². The van der Waals surface area contributed by atoms with Crippen molar-refractivity contribution in [1.82, 2.24) is 4.98 Å². The Morgan fingerprint density at radius 1 is 1.21 bits per heavy atom. The number of carbonyl (C=O) groups is 1. The minimum absolute atomic E-state index is 0.0743. The summed E-state index contributed by atoms with van der Waals surface area (Å²) >= 11 is 0.936. The Morgan fingerprint density at radius 3 is 2.67 bits per heavy atom. The summed E-state index contributed by atoms with van der Waals surface area (Å²) < 4.78 is 38.5. The zero-order valence-corrected chi connectivity index (χ0v) is 13.1. The molecule has 2 N–H and O–H groups in total. The molecule has 0 saturated heterocycles. The molecule has 0 radical (unpaired) electrons. The molecule has 0 unspecified atom stereocenters. The second-order valence-corrected chi connectivity index (χ2v) is 6.20. The Labute approximate surface area is 138 Å². The zero-order valence-electron chi connectivity index (χ0n) is 12.3. The number of halogens is 3. The summed E-state index contributed by atoms with van der Waals surface area (Å²) in [6, 6.07) is 7.77. The molecule has 1 aromatic heterocycles. The van der Waals surface area contributed by atoms with E-state index in [2.05, 4.69) is 10.3 Å². The second kappa shape index (κ2) is 5.79. The lowest BCUT2D eigenvalue weighted by molar-refractivity contribution is -0.137. The van der Waals surface area contributed by atoms with Crippen LogP contribution in [0.25, 0.3) is 10.2 Å². The molecule has 0 atom stereocenters. The number of fused-ring (bicyclic) bond motifs is 1.